The van der Waals surface area contributed by atoms with E-state index in [1.165, 1.54) is 6.92 Å². The molecule has 94 valence electrons. The fourth-order valence-corrected chi connectivity index (χ4v) is 1.87. The van der Waals surface area contributed by atoms with Crippen molar-refractivity contribution in [1.29, 1.82) is 0 Å². The second-order valence-corrected chi connectivity index (χ2v) is 3.62. The average Bonchev–Trinajstić information content (AvgIpc) is 2.67. The Labute approximate surface area is 99.8 Å². The number of rotatable bonds is 5. The molecule has 17 heavy (non-hydrogen) atoms. The number of aliphatic hydroxyl groups excluding tert-OH is 1. The summed E-state index contributed by atoms with van der Waals surface area (Å²) in [5.74, 6) is -0.663. The van der Waals surface area contributed by atoms with Crippen LogP contribution in [0.1, 0.15) is 52.9 Å². The Morgan fingerprint density at radius 2 is 2.00 bits per heavy atom. The van der Waals surface area contributed by atoms with Gasteiger partial charge in [0, 0.05) is 5.56 Å². The lowest BCUT2D eigenvalue weighted by Gasteiger charge is -2.02. The van der Waals surface area contributed by atoms with Gasteiger partial charge < -0.3 is 14.8 Å². The minimum absolute atomic E-state index is 0.169. The number of aliphatic hydroxyl groups is 1. The van der Waals surface area contributed by atoms with Crippen molar-refractivity contribution in [3.63, 3.8) is 0 Å². The Morgan fingerprint density at radius 1 is 1.35 bits per heavy atom. The predicted octanol–water partition coefficient (Wildman–Crippen LogP) is 1.45. The molecule has 1 aromatic rings. The van der Waals surface area contributed by atoms with E-state index in [1.807, 2.05) is 6.92 Å². The molecule has 5 heteroatoms. The molecule has 2 N–H and O–H groups in total. The van der Waals surface area contributed by atoms with E-state index in [1.54, 1.807) is 6.92 Å². The van der Waals surface area contributed by atoms with Gasteiger partial charge in [0.15, 0.2) is 5.78 Å². The summed E-state index contributed by atoms with van der Waals surface area (Å²) in [7, 11) is 0. The van der Waals surface area contributed by atoms with Gasteiger partial charge in [-0.2, -0.15) is 0 Å². The number of carbonyl (C=O) groups excluding carboxylic acids is 2. The van der Waals surface area contributed by atoms with Gasteiger partial charge in [0.05, 0.1) is 18.9 Å². The number of hydrogen-bond acceptors (Lipinski definition) is 4. The number of aromatic nitrogens is 1. The van der Waals surface area contributed by atoms with E-state index in [4.69, 9.17) is 4.74 Å². The third-order valence-corrected chi connectivity index (χ3v) is 2.52. The molecule has 1 heterocycles. The zero-order valence-electron chi connectivity index (χ0n) is 10.3. The number of Topliss-reactive ketones (excluding diaryl/α,β-unsaturated/α-hetero) is 1. The van der Waals surface area contributed by atoms with E-state index in [2.05, 4.69) is 4.98 Å². The largest absolute Gasteiger partial charge is 0.461 e. The van der Waals surface area contributed by atoms with Crippen LogP contribution in [0, 0.1) is 0 Å². The first-order chi connectivity index (χ1) is 8.06. The average molecular weight is 239 g/mol. The van der Waals surface area contributed by atoms with Crippen LogP contribution in [0.25, 0.3) is 0 Å². The SMILES string of the molecule is CCOC(=O)c1[nH]c(CO)c(C(C)=O)c1CC. The molecule has 0 atom stereocenters. The molecule has 0 fully saturated rings. The Hall–Kier alpha value is -1.62. The number of esters is 1. The summed E-state index contributed by atoms with van der Waals surface area (Å²) in [6.45, 7) is 4.94. The summed E-state index contributed by atoms with van der Waals surface area (Å²) in [4.78, 5) is 26.0. The third kappa shape index (κ3) is 2.55. The van der Waals surface area contributed by atoms with Crippen LogP contribution in [0.5, 0.6) is 0 Å². The lowest BCUT2D eigenvalue weighted by Crippen LogP contribution is -2.08. The maximum absolute atomic E-state index is 11.7. The second kappa shape index (κ2) is 5.63. The van der Waals surface area contributed by atoms with Crippen LogP contribution in [0.3, 0.4) is 0 Å². The molecule has 0 saturated heterocycles. The van der Waals surface area contributed by atoms with Gasteiger partial charge in [0.2, 0.25) is 0 Å². The number of ether oxygens (including phenoxy) is 1. The van der Waals surface area contributed by atoms with Crippen molar-refractivity contribution in [2.24, 2.45) is 0 Å². The first-order valence-corrected chi connectivity index (χ1v) is 5.59. The van der Waals surface area contributed by atoms with Crippen molar-refractivity contribution in [1.82, 2.24) is 4.98 Å². The fourth-order valence-electron chi connectivity index (χ4n) is 1.87. The van der Waals surface area contributed by atoms with Crippen molar-refractivity contribution in [3.05, 3.63) is 22.5 Å². The summed E-state index contributed by atoms with van der Waals surface area (Å²) >= 11 is 0. The van der Waals surface area contributed by atoms with Crippen LogP contribution in [-0.4, -0.2) is 28.4 Å². The van der Waals surface area contributed by atoms with E-state index in [0.717, 1.165) is 0 Å². The molecule has 1 aromatic heterocycles. The number of H-pyrrole nitrogens is 1. The lowest BCUT2D eigenvalue weighted by atomic mass is 10.0. The molecule has 0 aliphatic rings. The van der Waals surface area contributed by atoms with E-state index in [0.29, 0.717) is 23.2 Å². The van der Waals surface area contributed by atoms with Crippen LogP contribution in [0.2, 0.25) is 0 Å². The van der Waals surface area contributed by atoms with Crippen LogP contribution in [0.4, 0.5) is 0 Å². The molecule has 0 bridgehead atoms. The number of aromatic amines is 1. The Morgan fingerprint density at radius 3 is 2.41 bits per heavy atom. The molecule has 0 radical (unpaired) electrons. The van der Waals surface area contributed by atoms with Crippen molar-refractivity contribution in [3.8, 4) is 0 Å². The molecule has 5 nitrogen and oxygen atoms in total. The highest BCUT2D eigenvalue weighted by atomic mass is 16.5. The molecular formula is C12H17NO4. The monoisotopic (exact) mass is 239 g/mol. The zero-order chi connectivity index (χ0) is 13.0. The minimum atomic E-state index is -0.494. The van der Waals surface area contributed by atoms with Crippen LogP contribution in [0.15, 0.2) is 0 Å². The number of ketones is 1. The number of hydrogen-bond donors (Lipinski definition) is 2. The van der Waals surface area contributed by atoms with Gasteiger partial charge in [0.25, 0.3) is 0 Å². The minimum Gasteiger partial charge on any atom is -0.461 e. The summed E-state index contributed by atoms with van der Waals surface area (Å²) in [5, 5.41) is 9.18. The van der Waals surface area contributed by atoms with Crippen LogP contribution >= 0.6 is 0 Å². The van der Waals surface area contributed by atoms with Crippen molar-refractivity contribution in [2.75, 3.05) is 6.61 Å². The molecule has 0 amide bonds. The van der Waals surface area contributed by atoms with Crippen LogP contribution in [-0.2, 0) is 17.8 Å². The van der Waals surface area contributed by atoms with Crippen molar-refractivity contribution in [2.45, 2.75) is 33.8 Å². The Balaban J connectivity index is 3.32. The number of nitrogens with one attached hydrogen (secondary N) is 1. The molecule has 0 aliphatic carbocycles. The third-order valence-electron chi connectivity index (χ3n) is 2.52. The van der Waals surface area contributed by atoms with Gasteiger partial charge in [-0.05, 0) is 25.8 Å². The topological polar surface area (TPSA) is 79.4 Å². The smallest absolute Gasteiger partial charge is 0.355 e. The quantitative estimate of drug-likeness (QED) is 0.602. The van der Waals surface area contributed by atoms with Crippen molar-refractivity contribution < 1.29 is 19.4 Å². The summed E-state index contributed by atoms with van der Waals surface area (Å²) in [5.41, 5.74) is 1.65. The fraction of sp³-hybridized carbons (Fsp3) is 0.500. The molecule has 0 aromatic carbocycles. The van der Waals surface area contributed by atoms with Gasteiger partial charge in [0.1, 0.15) is 5.69 Å². The van der Waals surface area contributed by atoms with Crippen LogP contribution < -0.4 is 0 Å². The van der Waals surface area contributed by atoms with Gasteiger partial charge in [-0.1, -0.05) is 6.92 Å². The summed E-state index contributed by atoms with van der Waals surface area (Å²) in [6, 6.07) is 0. The normalized spacial score (nSPS) is 10.4. The van der Waals surface area contributed by atoms with E-state index in [-0.39, 0.29) is 24.7 Å². The maximum Gasteiger partial charge on any atom is 0.355 e. The summed E-state index contributed by atoms with van der Waals surface area (Å²) in [6.07, 6.45) is 0.527. The predicted molar refractivity (Wildman–Crippen MR) is 62.1 cm³/mol. The highest BCUT2D eigenvalue weighted by molar-refractivity contribution is 6.01. The van der Waals surface area contributed by atoms with E-state index < -0.39 is 5.97 Å². The highest BCUT2D eigenvalue weighted by Gasteiger charge is 2.23. The van der Waals surface area contributed by atoms with E-state index in [9.17, 15) is 14.7 Å². The van der Waals surface area contributed by atoms with E-state index >= 15 is 0 Å². The molecule has 0 saturated carbocycles. The standard InChI is InChI=1S/C12H17NO4/c1-4-8-10(7(3)15)9(6-14)13-11(8)12(16)17-5-2/h13-14H,4-6H2,1-3H3. The Bertz CT molecular complexity index is 434. The first kappa shape index (κ1) is 13.4. The molecule has 0 aliphatic heterocycles. The summed E-state index contributed by atoms with van der Waals surface area (Å²) < 4.78 is 4.90. The highest BCUT2D eigenvalue weighted by Crippen LogP contribution is 2.21. The molecule has 0 unspecified atom stereocenters. The molecule has 0 spiro atoms. The lowest BCUT2D eigenvalue weighted by molar-refractivity contribution is 0.0518. The van der Waals surface area contributed by atoms with Gasteiger partial charge in [-0.3, -0.25) is 4.79 Å². The number of carbonyl (C=O) groups is 2. The van der Waals surface area contributed by atoms with Gasteiger partial charge in [-0.15, -0.1) is 0 Å². The molecular weight excluding hydrogens is 222 g/mol. The van der Waals surface area contributed by atoms with Crippen molar-refractivity contribution >= 4 is 11.8 Å². The second-order valence-electron chi connectivity index (χ2n) is 3.62. The van der Waals surface area contributed by atoms with Gasteiger partial charge in [-0.25, -0.2) is 4.79 Å². The zero-order valence-corrected chi connectivity index (χ0v) is 10.3. The Kier molecular flexibility index (Phi) is 4.45. The molecule has 1 rings (SSSR count). The maximum atomic E-state index is 11.7. The van der Waals surface area contributed by atoms with Gasteiger partial charge >= 0.3 is 5.97 Å². The first-order valence-electron chi connectivity index (χ1n) is 5.59.